The van der Waals surface area contributed by atoms with Crippen molar-refractivity contribution in [3.8, 4) is 5.75 Å². The number of fused-ring (bicyclic) bond motifs is 1. The lowest BCUT2D eigenvalue weighted by atomic mass is 9.74. The highest BCUT2D eigenvalue weighted by Gasteiger charge is 2.41. The number of likely N-dealkylation sites (N-methyl/N-ethyl adjacent to an activating group) is 1. The Morgan fingerprint density at radius 2 is 1.85 bits per heavy atom. The fourth-order valence-corrected chi connectivity index (χ4v) is 5.07. The van der Waals surface area contributed by atoms with Crippen molar-refractivity contribution >= 4 is 16.7 Å². The van der Waals surface area contributed by atoms with E-state index in [4.69, 9.17) is 9.47 Å². The van der Waals surface area contributed by atoms with Gasteiger partial charge in [-0.05, 0) is 75.3 Å². The van der Waals surface area contributed by atoms with Gasteiger partial charge in [0.2, 0.25) is 0 Å². The molecular formula is C28H37N3O3. The molecule has 182 valence electrons. The van der Waals surface area contributed by atoms with Gasteiger partial charge in [0, 0.05) is 18.4 Å². The summed E-state index contributed by atoms with van der Waals surface area (Å²) in [5, 5.41) is 2.29. The van der Waals surface area contributed by atoms with Gasteiger partial charge in [0.15, 0.2) is 0 Å². The molecular weight excluding hydrogens is 426 g/mol. The van der Waals surface area contributed by atoms with E-state index in [0.29, 0.717) is 19.3 Å². The summed E-state index contributed by atoms with van der Waals surface area (Å²) in [7, 11) is 4.21. The summed E-state index contributed by atoms with van der Waals surface area (Å²) in [6, 6.07) is 13.3. The minimum atomic E-state index is -0.520. The van der Waals surface area contributed by atoms with E-state index >= 15 is 0 Å². The first-order valence-corrected chi connectivity index (χ1v) is 12.4. The number of rotatable bonds is 9. The molecule has 4 rings (SSSR count). The molecule has 6 nitrogen and oxygen atoms in total. The highest BCUT2D eigenvalue weighted by molar-refractivity contribution is 5.84. The molecule has 0 aliphatic heterocycles. The number of nitrogens with zero attached hydrogens (tertiary/aromatic N) is 3. The van der Waals surface area contributed by atoms with Gasteiger partial charge in [-0.1, -0.05) is 37.5 Å². The van der Waals surface area contributed by atoms with Gasteiger partial charge in [-0.2, -0.15) is 0 Å². The lowest BCUT2D eigenvalue weighted by Gasteiger charge is -2.34. The van der Waals surface area contributed by atoms with E-state index in [2.05, 4.69) is 65.8 Å². The number of imidazole rings is 1. The molecule has 2 atom stereocenters. The Balaban J connectivity index is 1.56. The monoisotopic (exact) mass is 463 g/mol. The van der Waals surface area contributed by atoms with Crippen molar-refractivity contribution in [1.29, 1.82) is 0 Å². The summed E-state index contributed by atoms with van der Waals surface area (Å²) in [4.78, 5) is 19.2. The normalized spacial score (nSPS) is 17.4. The van der Waals surface area contributed by atoms with Crippen molar-refractivity contribution in [2.75, 3.05) is 27.3 Å². The number of hydrogen-bond acceptors (Lipinski definition) is 5. The Morgan fingerprint density at radius 3 is 2.53 bits per heavy atom. The number of benzene rings is 2. The summed E-state index contributed by atoms with van der Waals surface area (Å²) >= 11 is 0. The third-order valence-corrected chi connectivity index (χ3v) is 7.33. The van der Waals surface area contributed by atoms with Crippen LogP contribution in [-0.2, 0) is 9.53 Å². The second kappa shape index (κ2) is 10.6. The predicted octanol–water partition coefficient (Wildman–Crippen LogP) is 5.47. The van der Waals surface area contributed by atoms with Crippen LogP contribution in [0.5, 0.6) is 5.75 Å². The Morgan fingerprint density at radius 1 is 1.12 bits per heavy atom. The van der Waals surface area contributed by atoms with Gasteiger partial charge in [-0.25, -0.2) is 4.98 Å². The highest BCUT2D eigenvalue weighted by Crippen LogP contribution is 2.38. The molecule has 2 unspecified atom stereocenters. The van der Waals surface area contributed by atoms with E-state index in [1.165, 1.54) is 17.4 Å². The maximum absolute atomic E-state index is 12.7. The van der Waals surface area contributed by atoms with Gasteiger partial charge < -0.3 is 18.9 Å². The average molecular weight is 464 g/mol. The lowest BCUT2D eigenvalue weighted by Crippen LogP contribution is -2.40. The predicted molar refractivity (Wildman–Crippen MR) is 135 cm³/mol. The van der Waals surface area contributed by atoms with Gasteiger partial charge in [0.25, 0.3) is 0 Å². The number of esters is 1. The van der Waals surface area contributed by atoms with Crippen LogP contribution in [0.1, 0.15) is 57.6 Å². The second-order valence-corrected chi connectivity index (χ2v) is 9.78. The zero-order valence-corrected chi connectivity index (χ0v) is 20.9. The van der Waals surface area contributed by atoms with Crippen LogP contribution in [0.4, 0.5) is 0 Å². The van der Waals surface area contributed by atoms with E-state index < -0.39 is 5.41 Å². The van der Waals surface area contributed by atoms with Crippen molar-refractivity contribution < 1.29 is 14.3 Å². The quantitative estimate of drug-likeness (QED) is 0.394. The van der Waals surface area contributed by atoms with E-state index in [-0.39, 0.29) is 12.0 Å². The van der Waals surface area contributed by atoms with E-state index in [1.54, 1.807) is 0 Å². The standard InChI is InChI=1S/C28H37N3O3/c1-5-33-27(32)28(13-7-6-8-14-28)19-34-25-12-11-22-17-24(10-9-23(22)18-25)26(21(2)30(3)4)31-16-15-29-20-31/h9-12,15-18,20-21,26H,5-8,13-14,19H2,1-4H3. The summed E-state index contributed by atoms with van der Waals surface area (Å²) in [6.07, 6.45) is 10.7. The molecule has 0 radical (unpaired) electrons. The summed E-state index contributed by atoms with van der Waals surface area (Å²) in [5.41, 5.74) is 0.719. The average Bonchev–Trinajstić information content (AvgIpc) is 3.38. The molecule has 1 aliphatic carbocycles. The largest absolute Gasteiger partial charge is 0.492 e. The fraction of sp³-hybridized carbons (Fsp3) is 0.500. The Labute approximate surface area is 202 Å². The SMILES string of the molecule is CCOC(=O)C1(COc2ccc3cc(C(C(C)N(C)C)n4ccnc4)ccc3c2)CCCCC1. The van der Waals surface area contributed by atoms with Gasteiger partial charge in [-0.15, -0.1) is 0 Å². The molecule has 0 amide bonds. The molecule has 0 bridgehead atoms. The molecule has 0 spiro atoms. The van der Waals surface area contributed by atoms with Gasteiger partial charge >= 0.3 is 5.97 Å². The van der Waals surface area contributed by atoms with Crippen molar-refractivity contribution in [2.45, 2.75) is 58.0 Å². The van der Waals surface area contributed by atoms with E-state index in [9.17, 15) is 4.79 Å². The first-order valence-electron chi connectivity index (χ1n) is 12.4. The van der Waals surface area contributed by atoms with Crippen LogP contribution in [0.2, 0.25) is 0 Å². The molecule has 0 saturated heterocycles. The number of hydrogen-bond donors (Lipinski definition) is 0. The summed E-state index contributed by atoms with van der Waals surface area (Å²) < 4.78 is 13.8. The number of carbonyl (C=O) groups excluding carboxylic acids is 1. The van der Waals surface area contributed by atoms with Crippen LogP contribution in [0.15, 0.2) is 55.1 Å². The Bertz CT molecular complexity index is 1090. The number of carbonyl (C=O) groups is 1. The van der Waals surface area contributed by atoms with Crippen LogP contribution in [-0.4, -0.2) is 53.8 Å². The molecule has 34 heavy (non-hydrogen) atoms. The van der Waals surface area contributed by atoms with Gasteiger partial charge in [0.05, 0.1) is 19.0 Å². The molecule has 2 aromatic carbocycles. The summed E-state index contributed by atoms with van der Waals surface area (Å²) in [5.74, 6) is 0.683. The van der Waals surface area contributed by atoms with Crippen molar-refractivity contribution in [1.82, 2.24) is 14.5 Å². The minimum absolute atomic E-state index is 0.110. The van der Waals surface area contributed by atoms with Crippen molar-refractivity contribution in [3.63, 3.8) is 0 Å². The molecule has 0 N–H and O–H groups in total. The molecule has 1 aromatic heterocycles. The zero-order chi connectivity index (χ0) is 24.1. The van der Waals surface area contributed by atoms with Crippen LogP contribution >= 0.6 is 0 Å². The topological polar surface area (TPSA) is 56.6 Å². The Kier molecular flexibility index (Phi) is 7.57. The van der Waals surface area contributed by atoms with Crippen molar-refractivity contribution in [2.24, 2.45) is 5.41 Å². The second-order valence-electron chi connectivity index (χ2n) is 9.78. The highest BCUT2D eigenvalue weighted by atomic mass is 16.5. The third-order valence-electron chi connectivity index (χ3n) is 7.33. The maximum atomic E-state index is 12.7. The maximum Gasteiger partial charge on any atom is 0.315 e. The molecule has 1 aliphatic rings. The molecule has 1 heterocycles. The van der Waals surface area contributed by atoms with Crippen LogP contribution in [0.3, 0.4) is 0 Å². The smallest absolute Gasteiger partial charge is 0.315 e. The zero-order valence-electron chi connectivity index (χ0n) is 20.9. The van der Waals surface area contributed by atoms with Crippen molar-refractivity contribution in [3.05, 3.63) is 60.7 Å². The fourth-order valence-electron chi connectivity index (χ4n) is 5.07. The van der Waals surface area contributed by atoms with Gasteiger partial charge in [0.1, 0.15) is 17.8 Å². The lowest BCUT2D eigenvalue weighted by molar-refractivity contribution is -0.159. The number of aromatic nitrogens is 2. The van der Waals surface area contributed by atoms with E-state index in [0.717, 1.165) is 36.8 Å². The van der Waals surface area contributed by atoms with E-state index in [1.807, 2.05) is 31.7 Å². The van der Waals surface area contributed by atoms with Crippen LogP contribution in [0.25, 0.3) is 10.8 Å². The first kappa shape index (κ1) is 24.3. The molecule has 1 saturated carbocycles. The molecule has 3 aromatic rings. The number of ether oxygens (including phenoxy) is 2. The summed E-state index contributed by atoms with van der Waals surface area (Å²) in [6.45, 7) is 4.88. The Hall–Kier alpha value is -2.86. The third kappa shape index (κ3) is 5.12. The van der Waals surface area contributed by atoms with Crippen LogP contribution < -0.4 is 4.74 Å². The molecule has 1 fully saturated rings. The molecule has 6 heteroatoms. The minimum Gasteiger partial charge on any atom is -0.492 e. The van der Waals surface area contributed by atoms with Gasteiger partial charge in [-0.3, -0.25) is 4.79 Å². The van der Waals surface area contributed by atoms with Crippen LogP contribution in [0, 0.1) is 5.41 Å². The first-order chi connectivity index (χ1) is 16.4.